The monoisotopic (exact) mass is 473 g/mol. The van der Waals surface area contributed by atoms with Crippen LogP contribution in [0.3, 0.4) is 0 Å². The molecule has 35 heavy (non-hydrogen) atoms. The molecule has 0 saturated carbocycles. The zero-order chi connectivity index (χ0) is 24.8. The molecule has 0 radical (unpaired) electrons. The zero-order valence-corrected chi connectivity index (χ0v) is 20.1. The molecule has 2 aromatic carbocycles. The van der Waals surface area contributed by atoms with Crippen molar-refractivity contribution in [2.24, 2.45) is 0 Å². The Kier molecular flexibility index (Phi) is 7.41. The number of hydrogen-bond donors (Lipinski definition) is 1. The lowest BCUT2D eigenvalue weighted by molar-refractivity contribution is 0.0524. The summed E-state index contributed by atoms with van der Waals surface area (Å²) < 4.78 is 10.8. The summed E-state index contributed by atoms with van der Waals surface area (Å²) in [4.78, 5) is 23.3. The summed E-state index contributed by atoms with van der Waals surface area (Å²) in [6, 6.07) is 16.1. The number of nitrogens with one attached hydrogen (secondary N) is 1. The standard InChI is InChI=1S/C25H27N7O3/c1-5-35-25(33)22-14-26-16(2)27-24(22)32(17(3)34-4)15-18-10-12-19(13-11-18)20-8-6-7-9-21(20)23-28-30-31-29-23/h6-14,17H,5,15H2,1-4H3,(H,28,29,30,31). The Bertz CT molecular complexity index is 1280. The highest BCUT2D eigenvalue weighted by atomic mass is 16.5. The molecule has 0 amide bonds. The third kappa shape index (κ3) is 5.33. The van der Waals surface area contributed by atoms with Gasteiger partial charge in [0.2, 0.25) is 5.82 Å². The summed E-state index contributed by atoms with van der Waals surface area (Å²) in [5.41, 5.74) is 4.22. The molecule has 0 aliphatic heterocycles. The molecule has 2 aromatic heterocycles. The fourth-order valence-corrected chi connectivity index (χ4v) is 3.72. The average Bonchev–Trinajstić information content (AvgIpc) is 3.42. The van der Waals surface area contributed by atoms with Crippen molar-refractivity contribution < 1.29 is 14.3 Å². The van der Waals surface area contributed by atoms with E-state index in [0.717, 1.165) is 22.3 Å². The van der Waals surface area contributed by atoms with Crippen LogP contribution in [0.15, 0.2) is 54.7 Å². The van der Waals surface area contributed by atoms with Gasteiger partial charge in [0.25, 0.3) is 0 Å². The summed E-state index contributed by atoms with van der Waals surface area (Å²) in [6.07, 6.45) is 1.15. The number of aromatic amines is 1. The SMILES string of the molecule is CCOC(=O)c1cnc(C)nc1N(Cc1ccc(-c2ccccc2-c2nn[nH]n2)cc1)C(C)OC. The van der Waals surface area contributed by atoms with E-state index in [1.807, 2.05) is 60.4 Å². The Hall–Kier alpha value is -4.18. The van der Waals surface area contributed by atoms with Gasteiger partial charge in [-0.05, 0) is 42.7 Å². The first kappa shape index (κ1) is 24.0. The van der Waals surface area contributed by atoms with Crippen LogP contribution in [0.25, 0.3) is 22.5 Å². The lowest BCUT2D eigenvalue weighted by Gasteiger charge is -2.30. The number of methoxy groups -OCH3 is 1. The number of hydrogen-bond acceptors (Lipinski definition) is 9. The Morgan fingerprint density at radius 2 is 1.86 bits per heavy atom. The molecule has 0 aliphatic carbocycles. The van der Waals surface area contributed by atoms with Gasteiger partial charge in [-0.3, -0.25) is 0 Å². The molecule has 0 aliphatic rings. The molecule has 1 unspecified atom stereocenters. The van der Waals surface area contributed by atoms with Crippen molar-refractivity contribution in [3.8, 4) is 22.5 Å². The summed E-state index contributed by atoms with van der Waals surface area (Å²) in [7, 11) is 1.62. The van der Waals surface area contributed by atoms with Gasteiger partial charge in [-0.2, -0.15) is 5.21 Å². The molecule has 1 N–H and O–H groups in total. The molecular weight excluding hydrogens is 446 g/mol. The number of esters is 1. The van der Waals surface area contributed by atoms with Gasteiger partial charge in [0.15, 0.2) is 0 Å². The molecule has 10 nitrogen and oxygen atoms in total. The highest BCUT2D eigenvalue weighted by Crippen LogP contribution is 2.30. The topological polar surface area (TPSA) is 119 Å². The minimum Gasteiger partial charge on any atom is -0.462 e. The maximum absolute atomic E-state index is 12.6. The van der Waals surface area contributed by atoms with Crippen LogP contribution in [0, 0.1) is 6.92 Å². The van der Waals surface area contributed by atoms with Crippen LogP contribution in [0.4, 0.5) is 5.82 Å². The van der Waals surface area contributed by atoms with Crippen LogP contribution in [0.5, 0.6) is 0 Å². The molecule has 0 fully saturated rings. The van der Waals surface area contributed by atoms with Crippen LogP contribution in [0.2, 0.25) is 0 Å². The van der Waals surface area contributed by atoms with Gasteiger partial charge in [-0.15, -0.1) is 10.2 Å². The zero-order valence-electron chi connectivity index (χ0n) is 20.1. The van der Waals surface area contributed by atoms with Crippen LogP contribution >= 0.6 is 0 Å². The van der Waals surface area contributed by atoms with Crippen molar-refractivity contribution in [2.75, 3.05) is 18.6 Å². The highest BCUT2D eigenvalue weighted by molar-refractivity contribution is 5.94. The molecular formula is C25H27N7O3. The summed E-state index contributed by atoms with van der Waals surface area (Å²) in [6.45, 7) is 6.18. The van der Waals surface area contributed by atoms with Crippen molar-refractivity contribution in [1.82, 2.24) is 30.6 Å². The van der Waals surface area contributed by atoms with E-state index in [1.54, 1.807) is 21.0 Å². The molecule has 2 heterocycles. The van der Waals surface area contributed by atoms with Crippen molar-refractivity contribution in [3.63, 3.8) is 0 Å². The lowest BCUT2D eigenvalue weighted by atomic mass is 9.98. The Morgan fingerprint density at radius 3 is 2.51 bits per heavy atom. The maximum Gasteiger partial charge on any atom is 0.343 e. The average molecular weight is 474 g/mol. The number of H-pyrrole nitrogens is 1. The first-order chi connectivity index (χ1) is 17.0. The van der Waals surface area contributed by atoms with E-state index in [9.17, 15) is 4.79 Å². The fourth-order valence-electron chi connectivity index (χ4n) is 3.72. The number of rotatable bonds is 9. The normalized spacial score (nSPS) is 11.8. The first-order valence-corrected chi connectivity index (χ1v) is 11.2. The lowest BCUT2D eigenvalue weighted by Crippen LogP contribution is -2.36. The van der Waals surface area contributed by atoms with E-state index in [-0.39, 0.29) is 12.8 Å². The quantitative estimate of drug-likeness (QED) is 0.286. The van der Waals surface area contributed by atoms with Crippen LogP contribution in [-0.4, -0.2) is 56.5 Å². The highest BCUT2D eigenvalue weighted by Gasteiger charge is 2.24. The van der Waals surface area contributed by atoms with Gasteiger partial charge >= 0.3 is 5.97 Å². The third-order valence-electron chi connectivity index (χ3n) is 5.57. The van der Waals surface area contributed by atoms with Gasteiger partial charge in [-0.25, -0.2) is 14.8 Å². The van der Waals surface area contributed by atoms with Crippen LogP contribution in [0.1, 0.15) is 35.6 Å². The van der Waals surface area contributed by atoms with Crippen molar-refractivity contribution >= 4 is 11.8 Å². The maximum atomic E-state index is 12.6. The van der Waals surface area contributed by atoms with Crippen LogP contribution < -0.4 is 4.90 Å². The van der Waals surface area contributed by atoms with Gasteiger partial charge < -0.3 is 14.4 Å². The second-order valence-corrected chi connectivity index (χ2v) is 7.82. The molecule has 1 atom stereocenters. The first-order valence-electron chi connectivity index (χ1n) is 11.2. The van der Waals surface area contributed by atoms with E-state index in [1.165, 1.54) is 6.20 Å². The van der Waals surface area contributed by atoms with E-state index >= 15 is 0 Å². The molecule has 180 valence electrons. The number of aromatic nitrogens is 6. The van der Waals surface area contributed by atoms with Crippen molar-refractivity contribution in [1.29, 1.82) is 0 Å². The summed E-state index contributed by atoms with van der Waals surface area (Å²) in [5, 5.41) is 14.4. The molecule has 0 saturated heterocycles. The number of benzene rings is 2. The molecule has 4 rings (SSSR count). The largest absolute Gasteiger partial charge is 0.462 e. The minimum absolute atomic E-state index is 0.263. The molecule has 0 bridgehead atoms. The number of tetrazole rings is 1. The third-order valence-corrected chi connectivity index (χ3v) is 5.57. The van der Waals surface area contributed by atoms with Gasteiger partial charge in [0, 0.05) is 25.4 Å². The number of ether oxygens (including phenoxy) is 2. The Balaban J connectivity index is 1.66. The second kappa shape index (κ2) is 10.8. The van der Waals surface area contributed by atoms with Gasteiger partial charge in [-0.1, -0.05) is 48.5 Å². The number of carbonyl (C=O) groups excluding carboxylic acids is 1. The van der Waals surface area contributed by atoms with E-state index in [4.69, 9.17) is 9.47 Å². The van der Waals surface area contributed by atoms with Crippen molar-refractivity contribution in [3.05, 3.63) is 71.7 Å². The fraction of sp³-hybridized carbons (Fsp3) is 0.280. The Morgan fingerprint density at radius 1 is 1.11 bits per heavy atom. The van der Waals surface area contributed by atoms with E-state index in [0.29, 0.717) is 29.6 Å². The van der Waals surface area contributed by atoms with Crippen LogP contribution in [-0.2, 0) is 16.0 Å². The number of aryl methyl sites for hydroxylation is 1. The molecule has 10 heteroatoms. The van der Waals surface area contributed by atoms with E-state index < -0.39 is 5.97 Å². The predicted octanol–water partition coefficient (Wildman–Crippen LogP) is 3.81. The van der Waals surface area contributed by atoms with Gasteiger partial charge in [0.1, 0.15) is 23.4 Å². The second-order valence-electron chi connectivity index (χ2n) is 7.82. The number of nitrogens with zero attached hydrogens (tertiary/aromatic N) is 6. The summed E-state index contributed by atoms with van der Waals surface area (Å²) in [5.74, 6) is 1.09. The Labute approximate surface area is 203 Å². The predicted molar refractivity (Wildman–Crippen MR) is 130 cm³/mol. The number of carbonyl (C=O) groups is 1. The van der Waals surface area contributed by atoms with Gasteiger partial charge in [0.05, 0.1) is 6.61 Å². The molecule has 0 spiro atoms. The van der Waals surface area contributed by atoms with E-state index in [2.05, 4.69) is 30.6 Å². The minimum atomic E-state index is -0.468. The molecule has 4 aromatic rings. The summed E-state index contributed by atoms with van der Waals surface area (Å²) >= 11 is 0. The van der Waals surface area contributed by atoms with Crippen molar-refractivity contribution in [2.45, 2.75) is 33.5 Å². The smallest absolute Gasteiger partial charge is 0.343 e. The number of anilines is 1.